The summed E-state index contributed by atoms with van der Waals surface area (Å²) in [5.41, 5.74) is 5.67. The van der Waals surface area contributed by atoms with Gasteiger partial charge in [0.2, 0.25) is 0 Å². The van der Waals surface area contributed by atoms with Gasteiger partial charge in [-0.1, -0.05) is 78.9 Å². The van der Waals surface area contributed by atoms with Crippen molar-refractivity contribution in [3.63, 3.8) is 0 Å². The second-order valence-corrected chi connectivity index (χ2v) is 10.5. The zero-order valence-corrected chi connectivity index (χ0v) is 22.2. The fraction of sp³-hybridized carbons (Fsp3) is 0.333. The Morgan fingerprint density at radius 3 is 2.37 bits per heavy atom. The van der Waals surface area contributed by atoms with E-state index in [1.807, 2.05) is 36.8 Å². The molecule has 1 fully saturated rings. The molecule has 194 valence electrons. The molecule has 1 saturated heterocycles. The fourth-order valence-electron chi connectivity index (χ4n) is 5.74. The standard InChI is InChI=1S/C33H37N5/c1-26(33-21-35-25-38(33)23-31-17-9-8-16-30(31)19-34)36-20-27-11-10-18-37(22-27)24-32(28-12-4-2-5-13-28)29-14-6-3-7-15-29/h2-9,12-17,21,25-27,32,36H,10-11,18,20,22-24H2,1H3/t26-,27?/m0/s1. The summed E-state index contributed by atoms with van der Waals surface area (Å²) in [7, 11) is 0. The highest BCUT2D eigenvalue weighted by Gasteiger charge is 2.25. The number of hydrogen-bond donors (Lipinski definition) is 1. The topological polar surface area (TPSA) is 56.9 Å². The lowest BCUT2D eigenvalue weighted by Crippen LogP contribution is -2.42. The summed E-state index contributed by atoms with van der Waals surface area (Å²) in [6.07, 6.45) is 6.31. The van der Waals surface area contributed by atoms with Crippen LogP contribution in [-0.2, 0) is 6.54 Å². The molecule has 0 amide bonds. The SMILES string of the molecule is C[C@H](NCC1CCCN(CC(c2ccccc2)c2ccccc2)C1)c1cncn1Cc1ccccc1C#N. The first-order chi connectivity index (χ1) is 18.7. The Morgan fingerprint density at radius 1 is 0.974 bits per heavy atom. The molecule has 1 aromatic heterocycles. The summed E-state index contributed by atoms with van der Waals surface area (Å²) < 4.78 is 2.16. The van der Waals surface area contributed by atoms with Crippen molar-refractivity contribution in [3.05, 3.63) is 125 Å². The van der Waals surface area contributed by atoms with Crippen LogP contribution < -0.4 is 5.32 Å². The predicted molar refractivity (Wildman–Crippen MR) is 153 cm³/mol. The molecule has 4 aromatic rings. The molecule has 2 atom stereocenters. The Morgan fingerprint density at radius 2 is 1.66 bits per heavy atom. The van der Waals surface area contributed by atoms with Crippen molar-refractivity contribution in [1.29, 1.82) is 5.26 Å². The van der Waals surface area contributed by atoms with Gasteiger partial charge in [0.25, 0.3) is 0 Å². The van der Waals surface area contributed by atoms with E-state index in [2.05, 4.69) is 93.4 Å². The van der Waals surface area contributed by atoms with Gasteiger partial charge in [0.15, 0.2) is 0 Å². The van der Waals surface area contributed by atoms with Gasteiger partial charge in [-0.2, -0.15) is 5.26 Å². The molecule has 0 radical (unpaired) electrons. The first-order valence-electron chi connectivity index (χ1n) is 13.7. The van der Waals surface area contributed by atoms with Gasteiger partial charge < -0.3 is 14.8 Å². The van der Waals surface area contributed by atoms with E-state index in [4.69, 9.17) is 0 Å². The summed E-state index contributed by atoms with van der Waals surface area (Å²) in [5, 5.41) is 13.3. The van der Waals surface area contributed by atoms with Gasteiger partial charge >= 0.3 is 0 Å². The number of piperidine rings is 1. The average Bonchev–Trinajstić information content (AvgIpc) is 3.44. The lowest BCUT2D eigenvalue weighted by atomic mass is 9.89. The summed E-state index contributed by atoms with van der Waals surface area (Å²) in [4.78, 5) is 7.08. The van der Waals surface area contributed by atoms with Gasteiger partial charge in [0.1, 0.15) is 0 Å². The molecule has 1 N–H and O–H groups in total. The maximum Gasteiger partial charge on any atom is 0.0995 e. The van der Waals surface area contributed by atoms with Crippen LogP contribution in [0.2, 0.25) is 0 Å². The molecule has 3 aromatic carbocycles. The molecule has 38 heavy (non-hydrogen) atoms. The van der Waals surface area contributed by atoms with E-state index >= 15 is 0 Å². The number of nitriles is 1. The van der Waals surface area contributed by atoms with Crippen LogP contribution in [0.1, 0.15) is 59.7 Å². The van der Waals surface area contributed by atoms with Crippen LogP contribution in [0.4, 0.5) is 0 Å². The minimum Gasteiger partial charge on any atom is -0.329 e. The maximum atomic E-state index is 9.47. The van der Waals surface area contributed by atoms with Crippen molar-refractivity contribution in [2.75, 3.05) is 26.2 Å². The zero-order valence-electron chi connectivity index (χ0n) is 22.2. The minimum absolute atomic E-state index is 0.184. The summed E-state index contributed by atoms with van der Waals surface area (Å²) in [5.74, 6) is 1.00. The molecule has 2 heterocycles. The monoisotopic (exact) mass is 503 g/mol. The number of nitrogens with zero attached hydrogens (tertiary/aromatic N) is 4. The van der Waals surface area contributed by atoms with Gasteiger partial charge in [-0.3, -0.25) is 0 Å². The second-order valence-electron chi connectivity index (χ2n) is 10.5. The Labute approximate surface area is 226 Å². The van der Waals surface area contributed by atoms with Crippen LogP contribution in [0.5, 0.6) is 0 Å². The number of nitrogens with one attached hydrogen (secondary N) is 1. The Kier molecular flexibility index (Phi) is 8.65. The van der Waals surface area contributed by atoms with E-state index in [1.54, 1.807) is 0 Å². The fourth-order valence-corrected chi connectivity index (χ4v) is 5.74. The van der Waals surface area contributed by atoms with Crippen molar-refractivity contribution in [1.82, 2.24) is 19.8 Å². The third kappa shape index (κ3) is 6.39. The Bertz CT molecular complexity index is 1280. The molecule has 5 heteroatoms. The van der Waals surface area contributed by atoms with Gasteiger partial charge in [-0.25, -0.2) is 4.98 Å². The third-order valence-corrected chi connectivity index (χ3v) is 7.83. The van der Waals surface area contributed by atoms with Crippen LogP contribution in [0.25, 0.3) is 0 Å². The van der Waals surface area contributed by atoms with Gasteiger partial charge in [0.05, 0.1) is 30.2 Å². The molecular weight excluding hydrogens is 466 g/mol. The lowest BCUT2D eigenvalue weighted by molar-refractivity contribution is 0.166. The predicted octanol–water partition coefficient (Wildman–Crippen LogP) is 6.00. The molecular formula is C33H37N5. The van der Waals surface area contributed by atoms with E-state index in [-0.39, 0.29) is 6.04 Å². The van der Waals surface area contributed by atoms with Gasteiger partial charge in [0, 0.05) is 31.2 Å². The third-order valence-electron chi connectivity index (χ3n) is 7.83. The van der Waals surface area contributed by atoms with E-state index in [9.17, 15) is 5.26 Å². The first kappa shape index (κ1) is 25.9. The van der Waals surface area contributed by atoms with E-state index in [1.165, 1.54) is 24.0 Å². The number of imidazole rings is 1. The summed E-state index contributed by atoms with van der Waals surface area (Å²) >= 11 is 0. The average molecular weight is 504 g/mol. The van der Waals surface area contributed by atoms with Crippen molar-refractivity contribution in [2.24, 2.45) is 5.92 Å². The molecule has 1 unspecified atom stereocenters. The number of benzene rings is 3. The molecule has 5 nitrogen and oxygen atoms in total. The highest BCUT2D eigenvalue weighted by Crippen LogP contribution is 2.28. The minimum atomic E-state index is 0.184. The van der Waals surface area contributed by atoms with E-state index in [0.29, 0.717) is 18.4 Å². The van der Waals surface area contributed by atoms with E-state index in [0.717, 1.165) is 43.0 Å². The molecule has 0 saturated carbocycles. The maximum absolute atomic E-state index is 9.47. The first-order valence-corrected chi connectivity index (χ1v) is 13.7. The molecule has 0 aliphatic carbocycles. The molecule has 0 bridgehead atoms. The number of rotatable bonds is 10. The molecule has 5 rings (SSSR count). The van der Waals surface area contributed by atoms with Crippen LogP contribution >= 0.6 is 0 Å². The summed E-state index contributed by atoms with van der Waals surface area (Å²) in [6.45, 7) is 7.18. The van der Waals surface area contributed by atoms with E-state index < -0.39 is 0 Å². The summed E-state index contributed by atoms with van der Waals surface area (Å²) in [6, 6.07) is 32.2. The lowest BCUT2D eigenvalue weighted by Gasteiger charge is -2.36. The van der Waals surface area contributed by atoms with Crippen LogP contribution in [0, 0.1) is 17.2 Å². The number of aromatic nitrogens is 2. The highest BCUT2D eigenvalue weighted by molar-refractivity contribution is 5.37. The van der Waals surface area contributed by atoms with Crippen LogP contribution in [-0.4, -0.2) is 40.6 Å². The van der Waals surface area contributed by atoms with Crippen LogP contribution in [0.3, 0.4) is 0 Å². The smallest absolute Gasteiger partial charge is 0.0995 e. The quantitative estimate of drug-likeness (QED) is 0.288. The van der Waals surface area contributed by atoms with Gasteiger partial charge in [-0.05, 0) is 61.5 Å². The van der Waals surface area contributed by atoms with Crippen molar-refractivity contribution in [2.45, 2.75) is 38.3 Å². The van der Waals surface area contributed by atoms with Crippen molar-refractivity contribution < 1.29 is 0 Å². The molecule has 1 aliphatic rings. The second kappa shape index (κ2) is 12.7. The number of hydrogen-bond acceptors (Lipinski definition) is 4. The Balaban J connectivity index is 1.20. The van der Waals surface area contributed by atoms with Crippen LogP contribution in [0.15, 0.2) is 97.5 Å². The highest BCUT2D eigenvalue weighted by atomic mass is 15.1. The largest absolute Gasteiger partial charge is 0.329 e. The molecule has 0 spiro atoms. The van der Waals surface area contributed by atoms with Crippen molar-refractivity contribution in [3.8, 4) is 6.07 Å². The van der Waals surface area contributed by atoms with Crippen molar-refractivity contribution >= 4 is 0 Å². The zero-order chi connectivity index (χ0) is 26.2. The van der Waals surface area contributed by atoms with Gasteiger partial charge in [-0.15, -0.1) is 0 Å². The number of likely N-dealkylation sites (tertiary alicyclic amines) is 1. The Hall–Kier alpha value is -3.72. The normalized spacial score (nSPS) is 16.8. The molecule has 1 aliphatic heterocycles.